The van der Waals surface area contributed by atoms with E-state index in [2.05, 4.69) is 35.8 Å². The molecule has 116 valence electrons. The minimum Gasteiger partial charge on any atom is -0.383 e. The molecule has 0 bridgehead atoms. The molecule has 0 spiro atoms. The van der Waals surface area contributed by atoms with Crippen LogP contribution in [0, 0.1) is 13.8 Å². The summed E-state index contributed by atoms with van der Waals surface area (Å²) < 4.78 is 5.30. The second kappa shape index (κ2) is 7.05. The molecule has 0 radical (unpaired) electrons. The minimum atomic E-state index is -0.0912. The molecule has 1 saturated heterocycles. The number of ether oxygens (including phenoxy) is 1. The van der Waals surface area contributed by atoms with E-state index in [9.17, 15) is 4.79 Å². The third-order valence-electron chi connectivity index (χ3n) is 4.23. The highest BCUT2D eigenvalue weighted by molar-refractivity contribution is 5.79. The van der Waals surface area contributed by atoms with Gasteiger partial charge in [0.2, 0.25) is 5.91 Å². The maximum absolute atomic E-state index is 12.2. The summed E-state index contributed by atoms with van der Waals surface area (Å²) in [6, 6.07) is 6.24. The molecule has 1 fully saturated rings. The molecule has 0 aliphatic carbocycles. The molecular weight excluding hydrogens is 264 g/mol. The molecule has 0 aromatic heterocycles. The standard InChI is InChI=1S/C17H26N2O2/c1-13-5-6-14(2)15(9-13)10-16(20)18-11-17(12-21-3)7-4-8-19-17/h5-6,9,19H,4,7-8,10-12H2,1-3H3,(H,18,20). The highest BCUT2D eigenvalue weighted by Crippen LogP contribution is 2.19. The molecule has 1 aromatic carbocycles. The number of amides is 1. The van der Waals surface area contributed by atoms with Crippen LogP contribution in [0.2, 0.25) is 0 Å². The predicted molar refractivity (Wildman–Crippen MR) is 84.5 cm³/mol. The van der Waals surface area contributed by atoms with Crippen molar-refractivity contribution in [3.8, 4) is 0 Å². The van der Waals surface area contributed by atoms with E-state index in [1.165, 1.54) is 11.1 Å². The van der Waals surface area contributed by atoms with E-state index in [0.717, 1.165) is 24.9 Å². The lowest BCUT2D eigenvalue weighted by molar-refractivity contribution is -0.120. The second-order valence-corrected chi connectivity index (χ2v) is 6.13. The number of nitrogens with one attached hydrogen (secondary N) is 2. The minimum absolute atomic E-state index is 0.0767. The first-order chi connectivity index (χ1) is 10.0. The van der Waals surface area contributed by atoms with Crippen LogP contribution in [0.25, 0.3) is 0 Å². The van der Waals surface area contributed by atoms with Crippen molar-refractivity contribution in [2.45, 2.75) is 38.6 Å². The molecule has 1 aromatic rings. The van der Waals surface area contributed by atoms with Crippen molar-refractivity contribution < 1.29 is 9.53 Å². The molecule has 21 heavy (non-hydrogen) atoms. The average Bonchev–Trinajstić information content (AvgIpc) is 2.90. The Kier molecular flexibility index (Phi) is 5.37. The van der Waals surface area contributed by atoms with E-state index in [0.29, 0.717) is 19.6 Å². The van der Waals surface area contributed by atoms with Crippen LogP contribution in [0.3, 0.4) is 0 Å². The van der Waals surface area contributed by atoms with Gasteiger partial charge in [-0.25, -0.2) is 0 Å². The van der Waals surface area contributed by atoms with Gasteiger partial charge >= 0.3 is 0 Å². The van der Waals surface area contributed by atoms with Crippen LogP contribution in [0.15, 0.2) is 18.2 Å². The summed E-state index contributed by atoms with van der Waals surface area (Å²) in [7, 11) is 1.71. The fourth-order valence-corrected chi connectivity index (χ4v) is 2.96. The van der Waals surface area contributed by atoms with Gasteiger partial charge in [-0.2, -0.15) is 0 Å². The van der Waals surface area contributed by atoms with Gasteiger partial charge < -0.3 is 15.4 Å². The van der Waals surface area contributed by atoms with Crippen LogP contribution in [0.1, 0.15) is 29.5 Å². The van der Waals surface area contributed by atoms with Crippen molar-refractivity contribution in [1.82, 2.24) is 10.6 Å². The maximum atomic E-state index is 12.2. The van der Waals surface area contributed by atoms with Crippen LogP contribution >= 0.6 is 0 Å². The molecular formula is C17H26N2O2. The molecule has 2 N–H and O–H groups in total. The van der Waals surface area contributed by atoms with E-state index in [-0.39, 0.29) is 11.4 Å². The summed E-state index contributed by atoms with van der Waals surface area (Å²) in [6.07, 6.45) is 2.62. The van der Waals surface area contributed by atoms with Crippen LogP contribution in [0.4, 0.5) is 0 Å². The first-order valence-corrected chi connectivity index (χ1v) is 7.61. The number of rotatable bonds is 6. The summed E-state index contributed by atoms with van der Waals surface area (Å²) >= 11 is 0. The Morgan fingerprint density at radius 3 is 2.90 bits per heavy atom. The van der Waals surface area contributed by atoms with Gasteiger partial charge in [-0.15, -0.1) is 0 Å². The number of aryl methyl sites for hydroxylation is 2. The van der Waals surface area contributed by atoms with E-state index in [1.54, 1.807) is 7.11 Å². The number of benzene rings is 1. The van der Waals surface area contributed by atoms with Crippen LogP contribution < -0.4 is 10.6 Å². The number of methoxy groups -OCH3 is 1. The summed E-state index contributed by atoms with van der Waals surface area (Å²) in [4.78, 5) is 12.2. The third kappa shape index (κ3) is 4.29. The Hall–Kier alpha value is -1.39. The Labute approximate surface area is 127 Å². The molecule has 4 heteroatoms. The van der Waals surface area contributed by atoms with Gasteiger partial charge in [0.1, 0.15) is 0 Å². The lowest BCUT2D eigenvalue weighted by Crippen LogP contribution is -2.53. The first-order valence-electron chi connectivity index (χ1n) is 7.61. The van der Waals surface area contributed by atoms with Gasteiger partial charge in [0, 0.05) is 13.7 Å². The van der Waals surface area contributed by atoms with Crippen molar-refractivity contribution in [3.05, 3.63) is 34.9 Å². The van der Waals surface area contributed by atoms with Crippen molar-refractivity contribution in [1.29, 1.82) is 0 Å². The van der Waals surface area contributed by atoms with Gasteiger partial charge in [-0.05, 0) is 44.4 Å². The third-order valence-corrected chi connectivity index (χ3v) is 4.23. The van der Waals surface area contributed by atoms with Gasteiger partial charge in [0.05, 0.1) is 18.6 Å². The second-order valence-electron chi connectivity index (χ2n) is 6.13. The Morgan fingerprint density at radius 1 is 1.43 bits per heavy atom. The number of carbonyl (C=O) groups is 1. The molecule has 0 saturated carbocycles. The largest absolute Gasteiger partial charge is 0.383 e. The highest BCUT2D eigenvalue weighted by Gasteiger charge is 2.33. The predicted octanol–water partition coefficient (Wildman–Crippen LogP) is 1.73. The van der Waals surface area contributed by atoms with Crippen molar-refractivity contribution in [3.63, 3.8) is 0 Å². The SMILES string of the molecule is COCC1(CNC(=O)Cc2cc(C)ccc2C)CCCN1. The number of hydrogen-bond donors (Lipinski definition) is 2. The van der Waals surface area contributed by atoms with Gasteiger partial charge in [-0.1, -0.05) is 23.8 Å². The zero-order chi connectivity index (χ0) is 15.3. The van der Waals surface area contributed by atoms with E-state index < -0.39 is 0 Å². The van der Waals surface area contributed by atoms with Gasteiger partial charge in [-0.3, -0.25) is 4.79 Å². The topological polar surface area (TPSA) is 50.4 Å². The molecule has 1 aliphatic heterocycles. The van der Waals surface area contributed by atoms with Crippen LogP contribution in [0.5, 0.6) is 0 Å². The van der Waals surface area contributed by atoms with Crippen molar-refractivity contribution in [2.75, 3.05) is 26.8 Å². The Morgan fingerprint density at radius 2 is 2.24 bits per heavy atom. The fourth-order valence-electron chi connectivity index (χ4n) is 2.96. The Balaban J connectivity index is 1.91. The quantitative estimate of drug-likeness (QED) is 0.839. The molecule has 1 heterocycles. The molecule has 4 nitrogen and oxygen atoms in total. The van der Waals surface area contributed by atoms with E-state index in [4.69, 9.17) is 4.74 Å². The highest BCUT2D eigenvalue weighted by atomic mass is 16.5. The molecule has 1 atom stereocenters. The van der Waals surface area contributed by atoms with E-state index in [1.807, 2.05) is 6.92 Å². The lowest BCUT2D eigenvalue weighted by Gasteiger charge is -2.29. The average molecular weight is 290 g/mol. The van der Waals surface area contributed by atoms with Crippen LogP contribution in [-0.2, 0) is 16.0 Å². The molecule has 2 rings (SSSR count). The summed E-state index contributed by atoms with van der Waals surface area (Å²) in [6.45, 7) is 6.36. The molecule has 1 aliphatic rings. The summed E-state index contributed by atoms with van der Waals surface area (Å²) in [5, 5.41) is 6.54. The lowest BCUT2D eigenvalue weighted by atomic mass is 9.98. The zero-order valence-corrected chi connectivity index (χ0v) is 13.3. The number of carbonyl (C=O) groups excluding carboxylic acids is 1. The first kappa shape index (κ1) is 16.0. The molecule has 1 unspecified atom stereocenters. The normalized spacial score (nSPS) is 21.5. The van der Waals surface area contributed by atoms with Crippen molar-refractivity contribution in [2.24, 2.45) is 0 Å². The fraction of sp³-hybridized carbons (Fsp3) is 0.588. The van der Waals surface area contributed by atoms with Crippen LogP contribution in [-0.4, -0.2) is 38.3 Å². The van der Waals surface area contributed by atoms with E-state index >= 15 is 0 Å². The maximum Gasteiger partial charge on any atom is 0.224 e. The summed E-state index contributed by atoms with van der Waals surface area (Å²) in [5.74, 6) is 0.0767. The molecule has 1 amide bonds. The Bertz CT molecular complexity index is 494. The van der Waals surface area contributed by atoms with Crippen molar-refractivity contribution >= 4 is 5.91 Å². The number of hydrogen-bond acceptors (Lipinski definition) is 3. The summed E-state index contributed by atoms with van der Waals surface area (Å²) in [5.41, 5.74) is 3.37. The smallest absolute Gasteiger partial charge is 0.224 e. The van der Waals surface area contributed by atoms with Gasteiger partial charge in [0.25, 0.3) is 0 Å². The van der Waals surface area contributed by atoms with Gasteiger partial charge in [0.15, 0.2) is 0 Å². The monoisotopic (exact) mass is 290 g/mol. The zero-order valence-electron chi connectivity index (χ0n) is 13.3.